The van der Waals surface area contributed by atoms with Crippen LogP contribution >= 0.6 is 0 Å². The van der Waals surface area contributed by atoms with Gasteiger partial charge in [-0.15, -0.1) is 0 Å². The zero-order chi connectivity index (χ0) is 21.3. The van der Waals surface area contributed by atoms with Crippen molar-refractivity contribution in [3.63, 3.8) is 0 Å². The Hall–Kier alpha value is -3.22. The number of nitrogens with one attached hydrogen (secondary N) is 1. The number of sulfonamides is 1. The minimum Gasteiger partial charge on any atom is -0.338 e. The summed E-state index contributed by atoms with van der Waals surface area (Å²) in [7, 11) is -3.82. The van der Waals surface area contributed by atoms with Crippen LogP contribution in [-0.2, 0) is 10.0 Å². The number of nitrogens with zero attached hydrogens (tertiary/aromatic N) is 1. The summed E-state index contributed by atoms with van der Waals surface area (Å²) in [6, 6.07) is 20.8. The Morgan fingerprint density at radius 2 is 1.70 bits per heavy atom. The second kappa shape index (κ2) is 7.89. The monoisotopic (exact) mass is 417 g/mol. The molecule has 0 radical (unpaired) electrons. The number of H-pyrrole nitrogens is 1. The molecule has 0 saturated heterocycles. The molecule has 152 valence electrons. The van der Waals surface area contributed by atoms with E-state index in [2.05, 4.69) is 48.1 Å². The molecule has 3 aromatic carbocycles. The van der Waals surface area contributed by atoms with Gasteiger partial charge in [0.1, 0.15) is 5.82 Å². The Balaban J connectivity index is 1.65. The van der Waals surface area contributed by atoms with Crippen LogP contribution in [0.2, 0.25) is 0 Å². The van der Waals surface area contributed by atoms with Crippen LogP contribution in [-0.4, -0.2) is 18.4 Å². The van der Waals surface area contributed by atoms with Crippen LogP contribution in [0, 0.1) is 0 Å². The summed E-state index contributed by atoms with van der Waals surface area (Å²) in [5.74, 6) is 1.24. The van der Waals surface area contributed by atoms with Gasteiger partial charge in [-0.1, -0.05) is 68.5 Å². The number of benzene rings is 3. The molecule has 5 nitrogen and oxygen atoms in total. The lowest BCUT2D eigenvalue weighted by atomic mass is 10.0. The van der Waals surface area contributed by atoms with E-state index in [1.54, 1.807) is 18.2 Å². The molecule has 0 fully saturated rings. The van der Waals surface area contributed by atoms with Gasteiger partial charge in [0, 0.05) is 5.56 Å². The quantitative estimate of drug-likeness (QED) is 0.469. The lowest BCUT2D eigenvalue weighted by molar-refractivity contribution is 0.598. The van der Waals surface area contributed by atoms with Crippen LogP contribution in [0.5, 0.6) is 0 Å². The molecule has 0 atom stereocenters. The Bertz CT molecular complexity index is 1330. The molecule has 3 N–H and O–H groups in total. The highest BCUT2D eigenvalue weighted by Crippen LogP contribution is 2.29. The Kier molecular flexibility index (Phi) is 5.28. The van der Waals surface area contributed by atoms with Gasteiger partial charge in [0.25, 0.3) is 0 Å². The molecular weight excluding hydrogens is 394 g/mol. The van der Waals surface area contributed by atoms with Crippen LogP contribution in [0.15, 0.2) is 71.6 Å². The van der Waals surface area contributed by atoms with Crippen molar-refractivity contribution in [3.8, 4) is 11.1 Å². The van der Waals surface area contributed by atoms with E-state index in [0.717, 1.165) is 28.0 Å². The van der Waals surface area contributed by atoms with Crippen molar-refractivity contribution in [2.75, 3.05) is 0 Å². The van der Waals surface area contributed by atoms with Crippen LogP contribution in [0.3, 0.4) is 0 Å². The maximum atomic E-state index is 11.9. The third kappa shape index (κ3) is 4.20. The average molecular weight is 418 g/mol. The van der Waals surface area contributed by atoms with Crippen LogP contribution in [0.1, 0.15) is 36.7 Å². The number of hydrogen-bond donors (Lipinski definition) is 2. The zero-order valence-corrected chi connectivity index (χ0v) is 17.6. The topological polar surface area (TPSA) is 88.8 Å². The molecule has 1 aromatic heterocycles. The number of nitrogens with two attached hydrogens (primary N) is 1. The molecule has 30 heavy (non-hydrogen) atoms. The second-order valence-corrected chi connectivity index (χ2v) is 9.08. The predicted octanol–water partition coefficient (Wildman–Crippen LogP) is 5.17. The van der Waals surface area contributed by atoms with Gasteiger partial charge in [0.05, 0.1) is 15.9 Å². The lowest BCUT2D eigenvalue weighted by Crippen LogP contribution is -2.13. The number of hydrogen-bond acceptors (Lipinski definition) is 3. The van der Waals surface area contributed by atoms with E-state index in [1.807, 2.05) is 30.4 Å². The van der Waals surface area contributed by atoms with Crippen molar-refractivity contribution < 1.29 is 8.42 Å². The fraction of sp³-hybridized carbons (Fsp3) is 0.125. The van der Waals surface area contributed by atoms with E-state index in [0.29, 0.717) is 11.5 Å². The van der Waals surface area contributed by atoms with E-state index >= 15 is 0 Å². The highest BCUT2D eigenvalue weighted by atomic mass is 32.2. The number of rotatable bonds is 5. The van der Waals surface area contributed by atoms with Gasteiger partial charge in [-0.05, 0) is 46.9 Å². The average Bonchev–Trinajstić information content (AvgIpc) is 3.14. The Labute approximate surface area is 176 Å². The summed E-state index contributed by atoms with van der Waals surface area (Å²) >= 11 is 0. The van der Waals surface area contributed by atoms with Gasteiger partial charge < -0.3 is 4.98 Å². The van der Waals surface area contributed by atoms with Gasteiger partial charge in [0.2, 0.25) is 10.0 Å². The Morgan fingerprint density at radius 1 is 0.967 bits per heavy atom. The van der Waals surface area contributed by atoms with Crippen molar-refractivity contribution in [1.82, 2.24) is 9.97 Å². The number of aromatic nitrogens is 2. The van der Waals surface area contributed by atoms with Crippen molar-refractivity contribution in [1.29, 1.82) is 0 Å². The van der Waals surface area contributed by atoms with Gasteiger partial charge >= 0.3 is 0 Å². The highest BCUT2D eigenvalue weighted by molar-refractivity contribution is 7.89. The molecular formula is C24H23N3O2S. The van der Waals surface area contributed by atoms with Crippen LogP contribution in [0.4, 0.5) is 0 Å². The van der Waals surface area contributed by atoms with Crippen molar-refractivity contribution >= 4 is 33.2 Å². The minimum atomic E-state index is -3.82. The zero-order valence-electron chi connectivity index (χ0n) is 16.8. The molecule has 0 saturated carbocycles. The molecule has 0 aliphatic carbocycles. The molecule has 0 spiro atoms. The van der Waals surface area contributed by atoms with Gasteiger partial charge in [-0.25, -0.2) is 18.5 Å². The largest absolute Gasteiger partial charge is 0.338 e. The molecule has 4 aromatic rings. The van der Waals surface area contributed by atoms with E-state index in [1.165, 1.54) is 11.6 Å². The maximum Gasteiger partial charge on any atom is 0.238 e. The summed E-state index contributed by atoms with van der Waals surface area (Å²) in [5.41, 5.74) is 5.35. The molecule has 0 aliphatic heterocycles. The fourth-order valence-electron chi connectivity index (χ4n) is 3.39. The molecule has 0 unspecified atom stereocenters. The molecule has 0 amide bonds. The molecule has 0 aliphatic rings. The SMILES string of the molecule is CC(C)c1ccc(C=Cc2nc3cc(-c4ccccc4S(N)(=O)=O)ccc3[nH]2)cc1. The van der Waals surface area contributed by atoms with E-state index in [-0.39, 0.29) is 4.90 Å². The number of aromatic amines is 1. The third-order valence-corrected chi connectivity index (χ3v) is 6.01. The Morgan fingerprint density at radius 3 is 2.40 bits per heavy atom. The van der Waals surface area contributed by atoms with E-state index in [4.69, 9.17) is 5.14 Å². The summed E-state index contributed by atoms with van der Waals surface area (Å²) in [4.78, 5) is 8.01. The summed E-state index contributed by atoms with van der Waals surface area (Å²) < 4.78 is 23.8. The summed E-state index contributed by atoms with van der Waals surface area (Å²) in [5, 5.41) is 5.37. The lowest BCUT2D eigenvalue weighted by Gasteiger charge is -2.07. The van der Waals surface area contributed by atoms with Crippen molar-refractivity contribution in [3.05, 3.63) is 83.7 Å². The van der Waals surface area contributed by atoms with Gasteiger partial charge in [-0.3, -0.25) is 0 Å². The van der Waals surface area contributed by atoms with Gasteiger partial charge in [0.15, 0.2) is 0 Å². The van der Waals surface area contributed by atoms with E-state index in [9.17, 15) is 8.42 Å². The van der Waals surface area contributed by atoms with Crippen molar-refractivity contribution in [2.24, 2.45) is 5.14 Å². The summed E-state index contributed by atoms with van der Waals surface area (Å²) in [6.45, 7) is 4.35. The number of primary sulfonamides is 1. The van der Waals surface area contributed by atoms with Crippen LogP contribution in [0.25, 0.3) is 34.3 Å². The van der Waals surface area contributed by atoms with Gasteiger partial charge in [-0.2, -0.15) is 0 Å². The molecule has 1 heterocycles. The summed E-state index contributed by atoms with van der Waals surface area (Å²) in [6.07, 6.45) is 3.95. The second-order valence-electron chi connectivity index (χ2n) is 7.55. The van der Waals surface area contributed by atoms with E-state index < -0.39 is 10.0 Å². The first-order valence-corrected chi connectivity index (χ1v) is 11.3. The molecule has 4 rings (SSSR count). The van der Waals surface area contributed by atoms with Crippen LogP contribution < -0.4 is 5.14 Å². The first-order valence-electron chi connectivity index (χ1n) is 9.71. The standard InChI is InChI=1S/C24H23N3O2S/c1-16(2)18-10-7-17(8-11-18)9-14-24-26-21-13-12-19(15-22(21)27-24)20-5-3-4-6-23(20)30(25,28)29/h3-16H,1-2H3,(H,26,27)(H2,25,28,29). The first kappa shape index (κ1) is 20.1. The fourth-order valence-corrected chi connectivity index (χ4v) is 4.15. The number of imidazole rings is 1. The predicted molar refractivity (Wildman–Crippen MR) is 122 cm³/mol. The first-order chi connectivity index (χ1) is 14.3. The smallest absolute Gasteiger partial charge is 0.238 e. The maximum absolute atomic E-state index is 11.9. The number of fused-ring (bicyclic) bond motifs is 1. The van der Waals surface area contributed by atoms with Crippen molar-refractivity contribution in [2.45, 2.75) is 24.7 Å². The highest BCUT2D eigenvalue weighted by Gasteiger charge is 2.15. The molecule has 6 heteroatoms. The minimum absolute atomic E-state index is 0.102. The normalized spacial score (nSPS) is 12.3. The third-order valence-electron chi connectivity index (χ3n) is 5.04. The molecule has 0 bridgehead atoms.